The molecule has 0 saturated carbocycles. The van der Waals surface area contributed by atoms with Gasteiger partial charge in [0.2, 0.25) is 0 Å². The van der Waals surface area contributed by atoms with Crippen molar-refractivity contribution < 1.29 is 4.74 Å². The number of nitriles is 2. The van der Waals surface area contributed by atoms with Crippen molar-refractivity contribution in [1.29, 1.82) is 10.5 Å². The van der Waals surface area contributed by atoms with Gasteiger partial charge < -0.3 is 9.64 Å². The molecule has 0 atom stereocenters. The first-order valence-corrected chi connectivity index (χ1v) is 8.26. The highest BCUT2D eigenvalue weighted by Gasteiger charge is 2.10. The van der Waals surface area contributed by atoms with Gasteiger partial charge in [-0.25, -0.2) is 0 Å². The largest absolute Gasteiger partial charge is 0.462 e. The lowest BCUT2D eigenvalue weighted by Gasteiger charge is -2.20. The van der Waals surface area contributed by atoms with E-state index in [0.29, 0.717) is 17.1 Å². The number of allylic oxidation sites excluding steroid dienone is 6. The minimum atomic E-state index is 0.0807. The molecular formula is C21H21N3O. The predicted molar refractivity (Wildman–Crippen MR) is 100 cm³/mol. The molecule has 1 aliphatic rings. The molecule has 0 fully saturated rings. The van der Waals surface area contributed by atoms with Gasteiger partial charge in [0, 0.05) is 24.4 Å². The van der Waals surface area contributed by atoms with Crippen LogP contribution in [0.4, 0.5) is 5.69 Å². The van der Waals surface area contributed by atoms with Crippen molar-refractivity contribution in [2.75, 3.05) is 18.0 Å². The zero-order valence-corrected chi connectivity index (χ0v) is 14.8. The van der Waals surface area contributed by atoms with Crippen LogP contribution in [0.1, 0.15) is 26.3 Å². The molecule has 2 rings (SSSR count). The minimum absolute atomic E-state index is 0.0807. The summed E-state index contributed by atoms with van der Waals surface area (Å²) in [7, 11) is 0. The first-order chi connectivity index (χ1) is 12.1. The molecule has 1 aliphatic heterocycles. The Kier molecular flexibility index (Phi) is 6.20. The Morgan fingerprint density at radius 3 is 2.24 bits per heavy atom. The Morgan fingerprint density at radius 2 is 1.68 bits per heavy atom. The highest BCUT2D eigenvalue weighted by molar-refractivity contribution is 5.59. The fraction of sp³-hybridized carbons (Fsp3) is 0.238. The smallest absolute Gasteiger partial charge is 0.137 e. The van der Waals surface area contributed by atoms with Gasteiger partial charge in [-0.1, -0.05) is 18.2 Å². The number of rotatable bonds is 5. The maximum absolute atomic E-state index is 9.02. The van der Waals surface area contributed by atoms with Gasteiger partial charge in [0.15, 0.2) is 0 Å². The first kappa shape index (κ1) is 18.1. The molecule has 25 heavy (non-hydrogen) atoms. The molecule has 1 heterocycles. The summed E-state index contributed by atoms with van der Waals surface area (Å²) in [4.78, 5) is 2.29. The number of ether oxygens (including phenoxy) is 1. The number of benzene rings is 1. The fourth-order valence-electron chi connectivity index (χ4n) is 2.60. The van der Waals surface area contributed by atoms with Crippen LogP contribution in [0, 0.1) is 22.7 Å². The van der Waals surface area contributed by atoms with Gasteiger partial charge in [-0.2, -0.15) is 10.5 Å². The molecule has 0 unspecified atom stereocenters. The average Bonchev–Trinajstić information content (AvgIpc) is 2.63. The monoisotopic (exact) mass is 331 g/mol. The number of hydrogen-bond donors (Lipinski definition) is 0. The van der Waals surface area contributed by atoms with Crippen molar-refractivity contribution >= 4 is 11.8 Å². The van der Waals surface area contributed by atoms with E-state index < -0.39 is 0 Å². The molecule has 0 radical (unpaired) electrons. The van der Waals surface area contributed by atoms with Crippen molar-refractivity contribution in [2.45, 2.75) is 20.8 Å². The van der Waals surface area contributed by atoms with Crippen LogP contribution in [0.15, 0.2) is 65.2 Å². The SMILES string of the molecule is CCN(CC)c1ccc(C=CC2=CC(=C(C#N)C#N)C=C(C)O2)cc1. The van der Waals surface area contributed by atoms with E-state index in [1.807, 2.05) is 24.3 Å². The van der Waals surface area contributed by atoms with E-state index in [4.69, 9.17) is 15.3 Å². The lowest BCUT2D eigenvalue weighted by Crippen LogP contribution is -2.21. The van der Waals surface area contributed by atoms with Crippen LogP contribution < -0.4 is 4.90 Å². The Labute approximate surface area is 149 Å². The highest BCUT2D eigenvalue weighted by atomic mass is 16.5. The molecule has 0 N–H and O–H groups in total. The van der Waals surface area contributed by atoms with Crippen LogP contribution in [0.3, 0.4) is 0 Å². The minimum Gasteiger partial charge on any atom is -0.462 e. The number of hydrogen-bond acceptors (Lipinski definition) is 4. The van der Waals surface area contributed by atoms with Crippen molar-refractivity contribution in [3.05, 3.63) is 70.7 Å². The third kappa shape index (κ3) is 4.62. The summed E-state index contributed by atoms with van der Waals surface area (Å²) < 4.78 is 5.65. The second kappa shape index (κ2) is 8.57. The second-order valence-corrected chi connectivity index (χ2v) is 5.55. The maximum atomic E-state index is 9.02. The third-order valence-corrected chi connectivity index (χ3v) is 3.91. The predicted octanol–water partition coefficient (Wildman–Crippen LogP) is 4.71. The first-order valence-electron chi connectivity index (χ1n) is 8.26. The van der Waals surface area contributed by atoms with Crippen LogP contribution in [-0.4, -0.2) is 13.1 Å². The van der Waals surface area contributed by atoms with Gasteiger partial charge >= 0.3 is 0 Å². The molecule has 0 aromatic heterocycles. The highest BCUT2D eigenvalue weighted by Crippen LogP contribution is 2.23. The van der Waals surface area contributed by atoms with Gasteiger partial charge in [0.1, 0.15) is 29.2 Å². The van der Waals surface area contributed by atoms with Gasteiger partial charge in [0.05, 0.1) is 0 Å². The summed E-state index contributed by atoms with van der Waals surface area (Å²) >= 11 is 0. The van der Waals surface area contributed by atoms with Crippen molar-refractivity contribution in [2.24, 2.45) is 0 Å². The molecular weight excluding hydrogens is 310 g/mol. The van der Waals surface area contributed by atoms with Crippen LogP contribution in [0.25, 0.3) is 6.08 Å². The Bertz CT molecular complexity index is 807. The number of nitrogens with zero attached hydrogens (tertiary/aromatic N) is 3. The Morgan fingerprint density at radius 1 is 1.04 bits per heavy atom. The maximum Gasteiger partial charge on any atom is 0.137 e. The molecule has 4 heteroatoms. The van der Waals surface area contributed by atoms with E-state index in [2.05, 4.69) is 43.0 Å². The van der Waals surface area contributed by atoms with E-state index in [0.717, 1.165) is 18.7 Å². The molecule has 1 aromatic rings. The molecule has 0 spiro atoms. The zero-order chi connectivity index (χ0) is 18.2. The molecule has 4 nitrogen and oxygen atoms in total. The normalized spacial score (nSPS) is 13.4. The van der Waals surface area contributed by atoms with Crippen molar-refractivity contribution in [3.8, 4) is 12.1 Å². The van der Waals surface area contributed by atoms with Gasteiger partial charge in [-0.15, -0.1) is 0 Å². The van der Waals surface area contributed by atoms with E-state index in [9.17, 15) is 0 Å². The molecule has 0 aliphatic carbocycles. The van der Waals surface area contributed by atoms with E-state index in [-0.39, 0.29) is 5.57 Å². The van der Waals surface area contributed by atoms with E-state index in [1.54, 1.807) is 19.1 Å². The van der Waals surface area contributed by atoms with E-state index >= 15 is 0 Å². The number of anilines is 1. The Hall–Kier alpha value is -3.24. The standard InChI is InChI=1S/C21H21N3O/c1-4-24(5-2)20-9-6-17(7-10-20)8-11-21-13-18(12-16(3)25-21)19(14-22)15-23/h6-13H,4-5H2,1-3H3. The topological polar surface area (TPSA) is 60.0 Å². The molecule has 0 saturated heterocycles. The average molecular weight is 331 g/mol. The summed E-state index contributed by atoms with van der Waals surface area (Å²) in [5.74, 6) is 1.25. The summed E-state index contributed by atoms with van der Waals surface area (Å²) in [5, 5.41) is 18.0. The summed E-state index contributed by atoms with van der Waals surface area (Å²) in [6, 6.07) is 12.1. The fourth-order valence-corrected chi connectivity index (χ4v) is 2.60. The lowest BCUT2D eigenvalue weighted by atomic mass is 10.1. The summed E-state index contributed by atoms with van der Waals surface area (Å²) in [6.07, 6.45) is 7.19. The quantitative estimate of drug-likeness (QED) is 0.733. The van der Waals surface area contributed by atoms with Crippen LogP contribution in [-0.2, 0) is 4.74 Å². The molecule has 0 amide bonds. The van der Waals surface area contributed by atoms with Gasteiger partial charge in [0.25, 0.3) is 0 Å². The zero-order valence-electron chi connectivity index (χ0n) is 14.8. The molecule has 0 bridgehead atoms. The lowest BCUT2D eigenvalue weighted by molar-refractivity contribution is 0.318. The Balaban J connectivity index is 2.21. The van der Waals surface area contributed by atoms with Crippen molar-refractivity contribution in [3.63, 3.8) is 0 Å². The molecule has 1 aromatic carbocycles. The second-order valence-electron chi connectivity index (χ2n) is 5.55. The van der Waals surface area contributed by atoms with E-state index in [1.165, 1.54) is 5.69 Å². The van der Waals surface area contributed by atoms with Gasteiger partial charge in [-0.3, -0.25) is 0 Å². The van der Waals surface area contributed by atoms with Crippen LogP contribution >= 0.6 is 0 Å². The third-order valence-electron chi connectivity index (χ3n) is 3.91. The molecule has 126 valence electrons. The van der Waals surface area contributed by atoms with Crippen LogP contribution in [0.2, 0.25) is 0 Å². The van der Waals surface area contributed by atoms with Gasteiger partial charge in [-0.05, 0) is 56.7 Å². The van der Waals surface area contributed by atoms with Crippen molar-refractivity contribution in [1.82, 2.24) is 0 Å². The summed E-state index contributed by atoms with van der Waals surface area (Å²) in [5.41, 5.74) is 2.91. The van der Waals surface area contributed by atoms with Crippen LogP contribution in [0.5, 0.6) is 0 Å². The summed E-state index contributed by atoms with van der Waals surface area (Å²) in [6.45, 7) is 8.04.